The van der Waals surface area contributed by atoms with Crippen molar-refractivity contribution in [1.82, 2.24) is 24.6 Å². The minimum Gasteiger partial charge on any atom is -0.340 e. The highest BCUT2D eigenvalue weighted by atomic mass is 16.2. The molecule has 0 N–H and O–H groups in total. The molecule has 0 unspecified atom stereocenters. The molecule has 7 nitrogen and oxygen atoms in total. The lowest BCUT2D eigenvalue weighted by Crippen LogP contribution is -2.65. The summed E-state index contributed by atoms with van der Waals surface area (Å²) in [5.74, 6) is 1.55. The molecule has 5 heterocycles. The molecule has 1 aromatic rings. The molecule has 0 bridgehead atoms. The molecular formula is C30H45N5O2. The minimum absolute atomic E-state index is 0.133. The Hall–Kier alpha value is -1.99. The lowest BCUT2D eigenvalue weighted by molar-refractivity contribution is -0.133. The van der Waals surface area contributed by atoms with E-state index in [1.54, 1.807) is 12.4 Å². The van der Waals surface area contributed by atoms with Crippen molar-refractivity contribution >= 4 is 11.8 Å². The van der Waals surface area contributed by atoms with E-state index in [2.05, 4.69) is 24.6 Å². The molecule has 1 aliphatic carbocycles. The molecular weight excluding hydrogens is 462 g/mol. The van der Waals surface area contributed by atoms with E-state index in [1.165, 1.54) is 64.5 Å². The van der Waals surface area contributed by atoms with Gasteiger partial charge in [0.05, 0.1) is 5.56 Å². The van der Waals surface area contributed by atoms with Gasteiger partial charge in [-0.1, -0.05) is 12.8 Å². The molecule has 4 atom stereocenters. The standard InChI is InChI=1S/C30H45N5O2/c36-28(33-19-17-32(18-20-33)25-9-1-2-10-25)13-3-12-27-26-11-6-16-34-15-5-8-24(29(26)34)22-35(27)30(37)23-7-4-14-31-21-23/h4,7,14,21,24-27,29H,1-3,5-6,8-13,15-20,22H2/t24-,26+,27+,29-/m0/s1. The molecule has 5 aliphatic rings. The second kappa shape index (κ2) is 11.4. The van der Waals surface area contributed by atoms with Crippen LogP contribution in [0.3, 0.4) is 0 Å². The smallest absolute Gasteiger partial charge is 0.255 e. The number of piperidine rings is 3. The number of pyridine rings is 1. The van der Waals surface area contributed by atoms with Crippen LogP contribution in [0.15, 0.2) is 24.5 Å². The fourth-order valence-corrected chi connectivity index (χ4v) is 8.48. The predicted octanol–water partition coefficient (Wildman–Crippen LogP) is 3.65. The van der Waals surface area contributed by atoms with E-state index in [-0.39, 0.29) is 11.9 Å². The molecule has 5 fully saturated rings. The van der Waals surface area contributed by atoms with Crippen LogP contribution in [0.4, 0.5) is 0 Å². The third-order valence-corrected chi connectivity index (χ3v) is 10.2. The van der Waals surface area contributed by atoms with Crippen molar-refractivity contribution in [3.05, 3.63) is 30.1 Å². The van der Waals surface area contributed by atoms with E-state index in [9.17, 15) is 9.59 Å². The quantitative estimate of drug-likeness (QED) is 0.588. The Morgan fingerprint density at radius 2 is 1.68 bits per heavy atom. The molecule has 0 radical (unpaired) electrons. The maximum atomic E-state index is 13.7. The number of carbonyl (C=O) groups excluding carboxylic acids is 2. The molecule has 1 saturated carbocycles. The van der Waals surface area contributed by atoms with Gasteiger partial charge in [0, 0.05) is 69.7 Å². The van der Waals surface area contributed by atoms with Gasteiger partial charge in [0.1, 0.15) is 0 Å². The first-order valence-corrected chi connectivity index (χ1v) is 15.2. The molecule has 37 heavy (non-hydrogen) atoms. The van der Waals surface area contributed by atoms with Crippen LogP contribution < -0.4 is 0 Å². The summed E-state index contributed by atoms with van der Waals surface area (Å²) in [6.07, 6.45) is 16.2. The Kier molecular flexibility index (Phi) is 7.80. The van der Waals surface area contributed by atoms with Gasteiger partial charge in [0.25, 0.3) is 5.91 Å². The van der Waals surface area contributed by atoms with E-state index in [1.807, 2.05) is 12.1 Å². The van der Waals surface area contributed by atoms with Crippen molar-refractivity contribution in [3.8, 4) is 0 Å². The van der Waals surface area contributed by atoms with Crippen LogP contribution in [0.25, 0.3) is 0 Å². The number of rotatable bonds is 6. The highest BCUT2D eigenvalue weighted by molar-refractivity contribution is 5.94. The van der Waals surface area contributed by atoms with Gasteiger partial charge in [-0.2, -0.15) is 0 Å². The summed E-state index contributed by atoms with van der Waals surface area (Å²) < 4.78 is 0. The third-order valence-electron chi connectivity index (χ3n) is 10.2. The van der Waals surface area contributed by atoms with Gasteiger partial charge in [0.15, 0.2) is 0 Å². The van der Waals surface area contributed by atoms with Crippen LogP contribution in [0.5, 0.6) is 0 Å². The van der Waals surface area contributed by atoms with Crippen molar-refractivity contribution in [2.24, 2.45) is 11.8 Å². The topological polar surface area (TPSA) is 60.0 Å². The Morgan fingerprint density at radius 1 is 0.892 bits per heavy atom. The predicted molar refractivity (Wildman–Crippen MR) is 144 cm³/mol. The van der Waals surface area contributed by atoms with E-state index < -0.39 is 0 Å². The Morgan fingerprint density at radius 3 is 2.43 bits per heavy atom. The zero-order valence-corrected chi connectivity index (χ0v) is 22.5. The summed E-state index contributed by atoms with van der Waals surface area (Å²) in [5, 5.41) is 0. The van der Waals surface area contributed by atoms with Crippen molar-refractivity contribution in [1.29, 1.82) is 0 Å². The fraction of sp³-hybridized carbons (Fsp3) is 0.767. The molecule has 6 rings (SSSR count). The number of hydrogen-bond acceptors (Lipinski definition) is 5. The van der Waals surface area contributed by atoms with Gasteiger partial charge in [-0.15, -0.1) is 0 Å². The maximum Gasteiger partial charge on any atom is 0.255 e. The summed E-state index contributed by atoms with van der Waals surface area (Å²) in [6, 6.07) is 5.36. The number of likely N-dealkylation sites (tertiary alicyclic amines) is 1. The summed E-state index contributed by atoms with van der Waals surface area (Å²) in [6.45, 7) is 7.11. The first-order chi connectivity index (χ1) is 18.2. The number of carbonyl (C=O) groups is 2. The number of nitrogens with zero attached hydrogens (tertiary/aromatic N) is 5. The molecule has 0 aromatic carbocycles. The summed E-state index contributed by atoms with van der Waals surface area (Å²) in [4.78, 5) is 40.8. The first-order valence-electron chi connectivity index (χ1n) is 15.2. The number of hydrogen-bond donors (Lipinski definition) is 0. The highest BCUT2D eigenvalue weighted by Crippen LogP contribution is 2.43. The Balaban J connectivity index is 1.10. The van der Waals surface area contributed by atoms with Crippen molar-refractivity contribution < 1.29 is 9.59 Å². The first kappa shape index (κ1) is 25.3. The van der Waals surface area contributed by atoms with Gasteiger partial charge in [-0.25, -0.2) is 0 Å². The lowest BCUT2D eigenvalue weighted by Gasteiger charge is -2.57. The SMILES string of the molecule is O=C(CCC[C@@H]1[C@H]2CCCN3CCC[C@@H](CN1C(=O)c1cccnc1)[C@@H]23)N1CCN(C2CCCC2)CC1. The number of piperazine rings is 1. The zero-order chi connectivity index (χ0) is 25.2. The molecule has 4 saturated heterocycles. The zero-order valence-electron chi connectivity index (χ0n) is 22.5. The Bertz CT molecular complexity index is 925. The lowest BCUT2D eigenvalue weighted by atomic mass is 9.69. The third kappa shape index (κ3) is 5.31. The average Bonchev–Trinajstić information content (AvgIpc) is 3.49. The van der Waals surface area contributed by atoms with Crippen LogP contribution in [0, 0.1) is 11.8 Å². The molecule has 4 aliphatic heterocycles. The van der Waals surface area contributed by atoms with Crippen molar-refractivity contribution in [2.45, 2.75) is 88.8 Å². The van der Waals surface area contributed by atoms with Crippen LogP contribution in [-0.2, 0) is 4.79 Å². The van der Waals surface area contributed by atoms with Crippen LogP contribution >= 0.6 is 0 Å². The summed E-state index contributed by atoms with van der Waals surface area (Å²) in [7, 11) is 0. The molecule has 2 amide bonds. The van der Waals surface area contributed by atoms with Gasteiger partial charge in [-0.05, 0) is 88.4 Å². The Labute approximate surface area is 222 Å². The summed E-state index contributed by atoms with van der Waals surface area (Å²) >= 11 is 0. The van der Waals surface area contributed by atoms with Crippen LogP contribution in [0.1, 0.15) is 81.0 Å². The van der Waals surface area contributed by atoms with Gasteiger partial charge in [0.2, 0.25) is 5.91 Å². The van der Waals surface area contributed by atoms with E-state index in [4.69, 9.17) is 0 Å². The average molecular weight is 508 g/mol. The van der Waals surface area contributed by atoms with Gasteiger partial charge < -0.3 is 9.80 Å². The van der Waals surface area contributed by atoms with Crippen LogP contribution in [0.2, 0.25) is 0 Å². The molecule has 0 spiro atoms. The van der Waals surface area contributed by atoms with Gasteiger partial charge in [-0.3, -0.25) is 24.4 Å². The van der Waals surface area contributed by atoms with E-state index >= 15 is 0 Å². The highest BCUT2D eigenvalue weighted by Gasteiger charge is 2.49. The summed E-state index contributed by atoms with van der Waals surface area (Å²) in [5.41, 5.74) is 0.700. The second-order valence-corrected chi connectivity index (χ2v) is 12.2. The largest absolute Gasteiger partial charge is 0.340 e. The fourth-order valence-electron chi connectivity index (χ4n) is 8.48. The minimum atomic E-state index is 0.133. The normalized spacial score (nSPS) is 31.4. The van der Waals surface area contributed by atoms with E-state index in [0.717, 1.165) is 51.6 Å². The van der Waals surface area contributed by atoms with Crippen molar-refractivity contribution in [3.63, 3.8) is 0 Å². The van der Waals surface area contributed by atoms with Gasteiger partial charge >= 0.3 is 0 Å². The molecule has 7 heteroatoms. The monoisotopic (exact) mass is 507 g/mol. The van der Waals surface area contributed by atoms with Crippen LogP contribution in [-0.4, -0.2) is 100 Å². The number of amides is 2. The molecule has 202 valence electrons. The second-order valence-electron chi connectivity index (χ2n) is 12.2. The number of aromatic nitrogens is 1. The van der Waals surface area contributed by atoms with Crippen molar-refractivity contribution in [2.75, 3.05) is 45.8 Å². The van der Waals surface area contributed by atoms with E-state index in [0.29, 0.717) is 35.8 Å². The molecule has 1 aromatic heterocycles. The maximum absolute atomic E-state index is 13.7.